The van der Waals surface area contributed by atoms with Gasteiger partial charge in [0.15, 0.2) is 0 Å². The van der Waals surface area contributed by atoms with Gasteiger partial charge >= 0.3 is 0 Å². The fourth-order valence-corrected chi connectivity index (χ4v) is 2.31. The average molecular weight is 499 g/mol. The zero-order valence-corrected chi connectivity index (χ0v) is 12.0. The van der Waals surface area contributed by atoms with E-state index in [1.807, 2.05) is 0 Å². The van der Waals surface area contributed by atoms with Crippen LogP contribution in [0.1, 0.15) is 0 Å². The van der Waals surface area contributed by atoms with Crippen LogP contribution >= 0.6 is 69.0 Å². The van der Waals surface area contributed by atoms with E-state index in [1.165, 1.54) is 0 Å². The SMILES string of the molecule is NC(COI)(COI)COI. The van der Waals surface area contributed by atoms with Crippen molar-refractivity contribution in [2.45, 2.75) is 5.54 Å². The fourth-order valence-electron chi connectivity index (χ4n) is 0.451. The zero-order valence-electron chi connectivity index (χ0n) is 5.56. The Balaban J connectivity index is 3.79. The van der Waals surface area contributed by atoms with Gasteiger partial charge < -0.3 is 14.9 Å². The molecule has 11 heavy (non-hydrogen) atoms. The van der Waals surface area contributed by atoms with E-state index in [4.69, 9.17) is 14.9 Å². The summed E-state index contributed by atoms with van der Waals surface area (Å²) in [4.78, 5) is 0. The minimum Gasteiger partial charge on any atom is -0.319 e. The summed E-state index contributed by atoms with van der Waals surface area (Å²) in [5, 5.41) is 0. The van der Waals surface area contributed by atoms with E-state index in [9.17, 15) is 0 Å². The second-order valence-electron chi connectivity index (χ2n) is 2.12. The van der Waals surface area contributed by atoms with Gasteiger partial charge in [0.05, 0.1) is 25.4 Å². The lowest BCUT2D eigenvalue weighted by molar-refractivity contribution is 0.157. The molecule has 0 fully saturated rings. The summed E-state index contributed by atoms with van der Waals surface area (Å²) in [6.45, 7) is 1.25. The van der Waals surface area contributed by atoms with Gasteiger partial charge in [-0.05, 0) is 0 Å². The molecule has 0 atom stereocenters. The van der Waals surface area contributed by atoms with Gasteiger partial charge in [-0.15, -0.1) is 0 Å². The molecule has 68 valence electrons. The van der Waals surface area contributed by atoms with Gasteiger partial charge in [0, 0.05) is 0 Å². The highest BCUT2D eigenvalue weighted by atomic mass is 127. The van der Waals surface area contributed by atoms with Crippen molar-refractivity contribution in [1.82, 2.24) is 0 Å². The van der Waals surface area contributed by atoms with Crippen LogP contribution in [-0.2, 0) is 9.20 Å². The van der Waals surface area contributed by atoms with E-state index >= 15 is 0 Å². The van der Waals surface area contributed by atoms with Crippen molar-refractivity contribution in [3.8, 4) is 0 Å². The molecular formula is C4H8I3NO3. The molecule has 0 aromatic rings. The van der Waals surface area contributed by atoms with Crippen molar-refractivity contribution < 1.29 is 9.20 Å². The predicted octanol–water partition coefficient (Wildman–Crippen LogP) is 1.78. The topological polar surface area (TPSA) is 53.7 Å². The van der Waals surface area contributed by atoms with Gasteiger partial charge in [0.1, 0.15) is 69.0 Å². The number of rotatable bonds is 6. The molecule has 0 aromatic carbocycles. The first-order valence-electron chi connectivity index (χ1n) is 2.68. The van der Waals surface area contributed by atoms with Crippen LogP contribution in [0.2, 0.25) is 0 Å². The monoisotopic (exact) mass is 499 g/mol. The van der Waals surface area contributed by atoms with Crippen LogP contribution in [0.5, 0.6) is 0 Å². The Hall–Kier alpha value is 2.03. The highest BCUT2D eigenvalue weighted by Crippen LogP contribution is 2.09. The third-order valence-electron chi connectivity index (χ3n) is 1.03. The summed E-state index contributed by atoms with van der Waals surface area (Å²) in [6.07, 6.45) is 0. The molecule has 0 saturated carbocycles. The Bertz CT molecular complexity index is 87.6. The van der Waals surface area contributed by atoms with Gasteiger partial charge in [-0.25, -0.2) is 0 Å². The average Bonchev–Trinajstić information content (AvgIpc) is 1.88. The van der Waals surface area contributed by atoms with Crippen LogP contribution in [0.15, 0.2) is 0 Å². The quantitative estimate of drug-likeness (QED) is 0.568. The molecule has 0 unspecified atom stereocenters. The molecule has 0 saturated heterocycles. The molecule has 0 aliphatic carbocycles. The Morgan fingerprint density at radius 3 is 1.36 bits per heavy atom. The molecule has 4 nitrogen and oxygen atoms in total. The maximum atomic E-state index is 5.84. The van der Waals surface area contributed by atoms with E-state index in [0.29, 0.717) is 19.8 Å². The second-order valence-corrected chi connectivity index (χ2v) is 3.99. The lowest BCUT2D eigenvalue weighted by Gasteiger charge is -2.24. The van der Waals surface area contributed by atoms with Crippen molar-refractivity contribution in [2.75, 3.05) is 19.8 Å². The molecule has 0 heterocycles. The number of nitrogens with two attached hydrogens (primary N) is 1. The molecule has 0 aromatic heterocycles. The molecule has 0 bridgehead atoms. The third kappa shape index (κ3) is 6.15. The summed E-state index contributed by atoms with van der Waals surface area (Å²) in [6, 6.07) is 0. The zero-order chi connectivity index (χ0) is 8.74. The van der Waals surface area contributed by atoms with Crippen LogP contribution < -0.4 is 5.73 Å². The first-order chi connectivity index (χ1) is 5.18. The van der Waals surface area contributed by atoms with Gasteiger partial charge in [-0.1, -0.05) is 0 Å². The van der Waals surface area contributed by atoms with E-state index in [2.05, 4.69) is 0 Å². The predicted molar refractivity (Wildman–Crippen MR) is 66.8 cm³/mol. The normalized spacial score (nSPS) is 12.0. The van der Waals surface area contributed by atoms with Crippen molar-refractivity contribution in [2.24, 2.45) is 5.73 Å². The molecule has 0 radical (unpaired) electrons. The minimum absolute atomic E-state index is 0.416. The standard InChI is InChI=1S/C4H8I3NO3/c5-9-1-4(8,2-10-6)3-11-7/h1-3,8H2. The van der Waals surface area contributed by atoms with Gasteiger partial charge in [-0.3, -0.25) is 0 Å². The molecule has 7 heteroatoms. The van der Waals surface area contributed by atoms with E-state index < -0.39 is 5.54 Å². The largest absolute Gasteiger partial charge is 0.319 e. The molecular weight excluding hydrogens is 491 g/mol. The van der Waals surface area contributed by atoms with E-state index in [0.717, 1.165) is 0 Å². The smallest absolute Gasteiger partial charge is 0.109 e. The van der Waals surface area contributed by atoms with Crippen molar-refractivity contribution in [3.63, 3.8) is 0 Å². The Labute approximate surface area is 108 Å². The summed E-state index contributed by atoms with van der Waals surface area (Å²) >= 11 is 5.39. The number of halogens is 3. The maximum absolute atomic E-state index is 5.84. The van der Waals surface area contributed by atoms with Gasteiger partial charge in [-0.2, -0.15) is 0 Å². The van der Waals surface area contributed by atoms with Crippen LogP contribution in [0.4, 0.5) is 0 Å². The van der Waals surface area contributed by atoms with E-state index in [1.54, 1.807) is 69.0 Å². The number of hydrogen-bond donors (Lipinski definition) is 1. The Morgan fingerprint density at radius 2 is 1.18 bits per heavy atom. The van der Waals surface area contributed by atoms with Crippen molar-refractivity contribution in [3.05, 3.63) is 0 Å². The summed E-state index contributed by atoms with van der Waals surface area (Å²) in [5.74, 6) is 0. The molecule has 0 spiro atoms. The van der Waals surface area contributed by atoms with Gasteiger partial charge in [0.2, 0.25) is 0 Å². The van der Waals surface area contributed by atoms with Crippen LogP contribution in [0.25, 0.3) is 0 Å². The van der Waals surface area contributed by atoms with E-state index in [-0.39, 0.29) is 0 Å². The first-order valence-corrected chi connectivity index (χ1v) is 5.32. The van der Waals surface area contributed by atoms with Crippen molar-refractivity contribution >= 4 is 69.0 Å². The summed E-state index contributed by atoms with van der Waals surface area (Å²) in [7, 11) is 0. The Kier molecular flexibility index (Phi) is 8.81. The maximum Gasteiger partial charge on any atom is 0.109 e. The highest BCUT2D eigenvalue weighted by Gasteiger charge is 2.26. The molecule has 2 N–H and O–H groups in total. The molecule has 0 rings (SSSR count). The van der Waals surface area contributed by atoms with Crippen molar-refractivity contribution in [1.29, 1.82) is 0 Å². The van der Waals surface area contributed by atoms with Gasteiger partial charge in [0.25, 0.3) is 0 Å². The molecule has 0 aliphatic rings. The molecule has 0 aliphatic heterocycles. The van der Waals surface area contributed by atoms with Crippen LogP contribution in [0, 0.1) is 0 Å². The summed E-state index contributed by atoms with van der Waals surface area (Å²) < 4.78 is 14.7. The molecule has 0 amide bonds. The van der Waals surface area contributed by atoms with Crippen LogP contribution in [-0.4, -0.2) is 25.4 Å². The van der Waals surface area contributed by atoms with Crippen LogP contribution in [0.3, 0.4) is 0 Å². The minimum atomic E-state index is -0.538. The highest BCUT2D eigenvalue weighted by molar-refractivity contribution is 14.1. The first kappa shape index (κ1) is 13.0. The Morgan fingerprint density at radius 1 is 0.909 bits per heavy atom. The lowest BCUT2D eigenvalue weighted by Crippen LogP contribution is -2.51. The second kappa shape index (κ2) is 7.44. The fraction of sp³-hybridized carbons (Fsp3) is 1.00. The third-order valence-corrected chi connectivity index (χ3v) is 1.96. The summed E-state index contributed by atoms with van der Waals surface area (Å²) in [5.41, 5.74) is 5.30. The lowest BCUT2D eigenvalue weighted by atomic mass is 10.1. The number of hydrogen-bond acceptors (Lipinski definition) is 4.